The van der Waals surface area contributed by atoms with Gasteiger partial charge in [0.25, 0.3) is 0 Å². The number of nitrogens with zero attached hydrogens (tertiary/aromatic N) is 3. The molecule has 2 aromatic rings. The fraction of sp³-hybridized carbons (Fsp3) is 0.571. The summed E-state index contributed by atoms with van der Waals surface area (Å²) in [5.74, 6) is 1.64. The highest BCUT2D eigenvalue weighted by Crippen LogP contribution is 2.36. The van der Waals surface area contributed by atoms with Crippen molar-refractivity contribution < 1.29 is 9.53 Å². The molecule has 184 valence electrons. The van der Waals surface area contributed by atoms with Crippen LogP contribution in [0.15, 0.2) is 47.4 Å². The minimum absolute atomic E-state index is 0.0342. The van der Waals surface area contributed by atoms with Crippen LogP contribution in [0.25, 0.3) is 0 Å². The highest BCUT2D eigenvalue weighted by Gasteiger charge is 2.35. The minimum atomic E-state index is 0.0342. The Hall–Kier alpha value is -2.60. The topological polar surface area (TPSA) is 54.8 Å². The number of benzene rings is 1. The van der Waals surface area contributed by atoms with Crippen LogP contribution in [0.2, 0.25) is 0 Å². The molecule has 2 unspecified atom stereocenters. The van der Waals surface area contributed by atoms with Gasteiger partial charge in [-0.25, -0.2) is 0 Å². The number of aryl methyl sites for hydroxylation is 1. The standard InChI is InChI=1S/C28H39N3O3/c1-3-5-14-29(13-4-2)28(33)21-31-20-24(22-9-10-26-23(18-22)12-17-34-26)19-25(31)11-16-30-15-7-6-8-27(30)32/h6-10,15,18,24-25H,3-5,11-14,16-17,19-21H2,1-2H3. The van der Waals surface area contributed by atoms with E-state index in [4.69, 9.17) is 4.74 Å². The van der Waals surface area contributed by atoms with Gasteiger partial charge in [0.2, 0.25) is 11.5 Å². The number of rotatable bonds is 11. The lowest BCUT2D eigenvalue weighted by Gasteiger charge is -2.28. The summed E-state index contributed by atoms with van der Waals surface area (Å²) >= 11 is 0. The molecule has 4 rings (SSSR count). The molecule has 1 aromatic heterocycles. The van der Waals surface area contributed by atoms with Crippen molar-refractivity contribution in [3.05, 3.63) is 64.1 Å². The van der Waals surface area contributed by atoms with Crippen molar-refractivity contribution in [2.24, 2.45) is 0 Å². The summed E-state index contributed by atoms with van der Waals surface area (Å²) in [5.41, 5.74) is 2.68. The molecule has 1 saturated heterocycles. The molecule has 0 radical (unpaired) electrons. The van der Waals surface area contributed by atoms with E-state index in [1.807, 2.05) is 17.2 Å². The number of likely N-dealkylation sites (tertiary alicyclic amines) is 1. The molecule has 2 aliphatic heterocycles. The number of carbonyl (C=O) groups excluding carboxylic acids is 1. The second-order valence-corrected chi connectivity index (χ2v) is 9.74. The van der Waals surface area contributed by atoms with Crippen molar-refractivity contribution in [3.63, 3.8) is 0 Å². The summed E-state index contributed by atoms with van der Waals surface area (Å²) in [7, 11) is 0. The van der Waals surface area contributed by atoms with Gasteiger partial charge in [-0.3, -0.25) is 14.5 Å². The predicted molar refractivity (Wildman–Crippen MR) is 135 cm³/mol. The number of hydrogen-bond donors (Lipinski definition) is 0. The molecule has 0 bridgehead atoms. The van der Waals surface area contributed by atoms with Gasteiger partial charge in [0.15, 0.2) is 0 Å². The Kier molecular flexibility index (Phi) is 8.44. The lowest BCUT2D eigenvalue weighted by molar-refractivity contribution is -0.132. The summed E-state index contributed by atoms with van der Waals surface area (Å²) in [6.45, 7) is 8.76. The van der Waals surface area contributed by atoms with Gasteiger partial charge in [-0.2, -0.15) is 0 Å². The van der Waals surface area contributed by atoms with E-state index in [1.54, 1.807) is 16.7 Å². The summed E-state index contributed by atoms with van der Waals surface area (Å²) in [6.07, 6.45) is 7.83. The van der Waals surface area contributed by atoms with Crippen molar-refractivity contribution in [2.75, 3.05) is 32.8 Å². The first-order valence-electron chi connectivity index (χ1n) is 13.0. The van der Waals surface area contributed by atoms with Crippen LogP contribution < -0.4 is 10.3 Å². The molecular formula is C28H39N3O3. The molecule has 0 aliphatic carbocycles. The summed E-state index contributed by atoms with van der Waals surface area (Å²) in [5, 5.41) is 0. The largest absolute Gasteiger partial charge is 0.493 e. The van der Waals surface area contributed by atoms with E-state index >= 15 is 0 Å². The number of pyridine rings is 1. The van der Waals surface area contributed by atoms with Gasteiger partial charge in [-0.1, -0.05) is 38.5 Å². The molecule has 1 aromatic carbocycles. The van der Waals surface area contributed by atoms with Gasteiger partial charge in [0.1, 0.15) is 5.75 Å². The van der Waals surface area contributed by atoms with Crippen molar-refractivity contribution in [1.29, 1.82) is 0 Å². The second-order valence-electron chi connectivity index (χ2n) is 9.74. The third-order valence-corrected chi connectivity index (χ3v) is 7.28. The average molecular weight is 466 g/mol. The van der Waals surface area contributed by atoms with Crippen LogP contribution in [-0.2, 0) is 17.8 Å². The zero-order valence-corrected chi connectivity index (χ0v) is 20.7. The molecule has 2 atom stereocenters. The predicted octanol–water partition coefficient (Wildman–Crippen LogP) is 4.07. The maximum absolute atomic E-state index is 13.3. The lowest BCUT2D eigenvalue weighted by Crippen LogP contribution is -2.43. The summed E-state index contributed by atoms with van der Waals surface area (Å²) < 4.78 is 7.48. The molecule has 0 spiro atoms. The number of hydrogen-bond acceptors (Lipinski definition) is 4. The monoisotopic (exact) mass is 465 g/mol. The van der Waals surface area contributed by atoms with Gasteiger partial charge >= 0.3 is 0 Å². The average Bonchev–Trinajstić information content (AvgIpc) is 3.47. The first kappa shape index (κ1) is 24.5. The molecule has 6 heteroatoms. The highest BCUT2D eigenvalue weighted by molar-refractivity contribution is 5.78. The third-order valence-electron chi connectivity index (χ3n) is 7.28. The van der Waals surface area contributed by atoms with Crippen LogP contribution in [-0.4, -0.2) is 59.1 Å². The van der Waals surface area contributed by atoms with Crippen LogP contribution in [0.4, 0.5) is 0 Å². The summed E-state index contributed by atoms with van der Waals surface area (Å²) in [4.78, 5) is 29.9. The SMILES string of the molecule is CCCCN(CCC)C(=O)CN1CC(c2ccc3c(c2)CCO3)CC1CCn1ccccc1=O. The Morgan fingerprint density at radius 1 is 1.15 bits per heavy atom. The number of aromatic nitrogens is 1. The second kappa shape index (κ2) is 11.7. The van der Waals surface area contributed by atoms with E-state index in [1.165, 1.54) is 11.1 Å². The van der Waals surface area contributed by atoms with Crippen molar-refractivity contribution in [3.8, 4) is 5.75 Å². The van der Waals surface area contributed by atoms with E-state index in [0.29, 0.717) is 19.0 Å². The van der Waals surface area contributed by atoms with Gasteiger partial charge in [-0.05, 0) is 54.9 Å². The van der Waals surface area contributed by atoms with E-state index in [0.717, 1.165) is 70.5 Å². The normalized spacial score (nSPS) is 19.7. The van der Waals surface area contributed by atoms with Crippen molar-refractivity contribution in [2.45, 2.75) is 70.9 Å². The maximum atomic E-state index is 13.3. The first-order chi connectivity index (χ1) is 16.6. The molecule has 0 N–H and O–H groups in total. The molecule has 1 amide bonds. The van der Waals surface area contributed by atoms with Gasteiger partial charge in [0.05, 0.1) is 13.2 Å². The van der Waals surface area contributed by atoms with Crippen LogP contribution in [0.5, 0.6) is 5.75 Å². The number of amides is 1. The molecular weight excluding hydrogens is 426 g/mol. The smallest absolute Gasteiger partial charge is 0.250 e. The van der Waals surface area contributed by atoms with E-state index in [2.05, 4.69) is 36.9 Å². The van der Waals surface area contributed by atoms with Crippen LogP contribution >= 0.6 is 0 Å². The number of ether oxygens (including phenoxy) is 1. The minimum Gasteiger partial charge on any atom is -0.493 e. The Morgan fingerprint density at radius 2 is 2.03 bits per heavy atom. The van der Waals surface area contributed by atoms with Crippen molar-refractivity contribution >= 4 is 5.91 Å². The summed E-state index contributed by atoms with van der Waals surface area (Å²) in [6, 6.07) is 12.2. The van der Waals surface area contributed by atoms with Crippen LogP contribution in [0.1, 0.15) is 63.0 Å². The number of unbranched alkanes of at least 4 members (excludes halogenated alkanes) is 1. The van der Waals surface area contributed by atoms with E-state index < -0.39 is 0 Å². The Morgan fingerprint density at radius 3 is 2.82 bits per heavy atom. The zero-order valence-electron chi connectivity index (χ0n) is 20.7. The fourth-order valence-electron chi connectivity index (χ4n) is 5.37. The molecule has 1 fully saturated rings. The molecule has 34 heavy (non-hydrogen) atoms. The number of fused-ring (bicyclic) bond motifs is 1. The molecule has 6 nitrogen and oxygen atoms in total. The lowest BCUT2D eigenvalue weighted by atomic mass is 9.93. The van der Waals surface area contributed by atoms with Gasteiger partial charge < -0.3 is 14.2 Å². The quantitative estimate of drug-likeness (QED) is 0.502. The van der Waals surface area contributed by atoms with E-state index in [-0.39, 0.29) is 17.5 Å². The zero-order chi connectivity index (χ0) is 23.9. The van der Waals surface area contributed by atoms with Crippen LogP contribution in [0, 0.1) is 0 Å². The first-order valence-corrected chi connectivity index (χ1v) is 13.0. The Bertz CT molecular complexity index is 1020. The molecule has 2 aliphatic rings. The van der Waals surface area contributed by atoms with Crippen molar-refractivity contribution in [1.82, 2.24) is 14.4 Å². The Labute approximate surface area is 203 Å². The van der Waals surface area contributed by atoms with Gasteiger partial charge in [0, 0.05) is 50.9 Å². The fourth-order valence-corrected chi connectivity index (χ4v) is 5.37. The van der Waals surface area contributed by atoms with E-state index in [9.17, 15) is 9.59 Å². The number of carbonyl (C=O) groups is 1. The van der Waals surface area contributed by atoms with Crippen LogP contribution in [0.3, 0.4) is 0 Å². The third kappa shape index (κ3) is 5.90. The molecule has 3 heterocycles. The highest BCUT2D eigenvalue weighted by atomic mass is 16.5. The molecule has 0 saturated carbocycles. The van der Waals surface area contributed by atoms with Gasteiger partial charge in [-0.15, -0.1) is 0 Å². The maximum Gasteiger partial charge on any atom is 0.250 e. The Balaban J connectivity index is 1.48.